The highest BCUT2D eigenvalue weighted by molar-refractivity contribution is 7.99. The smallest absolute Gasteiger partial charge is 0.411 e. The van der Waals surface area contributed by atoms with Crippen LogP contribution >= 0.6 is 11.8 Å². The van der Waals surface area contributed by atoms with Crippen molar-refractivity contribution in [1.82, 2.24) is 10.3 Å². The summed E-state index contributed by atoms with van der Waals surface area (Å²) in [7, 11) is 0. The number of rotatable bonds is 5. The third-order valence-electron chi connectivity index (χ3n) is 5.33. The predicted octanol–water partition coefficient (Wildman–Crippen LogP) is 3.20. The predicted molar refractivity (Wildman–Crippen MR) is 123 cm³/mol. The van der Waals surface area contributed by atoms with Gasteiger partial charge in [0.05, 0.1) is 11.6 Å². The van der Waals surface area contributed by atoms with Crippen molar-refractivity contribution in [3.05, 3.63) is 65.7 Å². The molecule has 0 bridgehead atoms. The normalized spacial score (nSPS) is 20.3. The van der Waals surface area contributed by atoms with Crippen LogP contribution in [0.2, 0.25) is 0 Å². The molecule has 0 saturated carbocycles. The molecule has 9 heteroatoms. The van der Waals surface area contributed by atoms with Gasteiger partial charge in [0.2, 0.25) is 11.8 Å². The second-order valence-electron chi connectivity index (χ2n) is 7.73. The Bertz CT molecular complexity index is 1030. The van der Waals surface area contributed by atoms with Crippen LogP contribution in [0.5, 0.6) is 0 Å². The first-order valence-corrected chi connectivity index (χ1v) is 11.5. The summed E-state index contributed by atoms with van der Waals surface area (Å²) in [5.41, 5.74) is 5.72. The standard InChI is InChI=1S/C23H24N4O4S/c1-15-11-20(28)25-26-21(15)17-7-9-18(10-8-17)24-22(29)19-13-32-14-27(19)23(30)31-12-16-5-3-2-4-6-16/h2-10,15,19H,11-14H2,1H3,(H,24,29)(H,25,28). The van der Waals surface area contributed by atoms with Crippen LogP contribution in [0.3, 0.4) is 0 Å². The zero-order valence-electron chi connectivity index (χ0n) is 17.6. The lowest BCUT2D eigenvalue weighted by atomic mass is 9.94. The number of anilines is 1. The maximum Gasteiger partial charge on any atom is 0.411 e. The van der Waals surface area contributed by atoms with Crippen LogP contribution < -0.4 is 10.7 Å². The molecule has 2 aliphatic rings. The van der Waals surface area contributed by atoms with Crippen molar-refractivity contribution in [2.24, 2.45) is 11.0 Å². The molecule has 2 atom stereocenters. The van der Waals surface area contributed by atoms with E-state index in [-0.39, 0.29) is 24.3 Å². The van der Waals surface area contributed by atoms with E-state index in [0.29, 0.717) is 23.7 Å². The number of carbonyl (C=O) groups excluding carboxylic acids is 3. The third kappa shape index (κ3) is 5.11. The molecule has 4 rings (SSSR count). The van der Waals surface area contributed by atoms with Gasteiger partial charge in [-0.05, 0) is 23.3 Å². The Hall–Kier alpha value is -3.33. The van der Waals surface area contributed by atoms with E-state index in [1.807, 2.05) is 49.4 Å². The van der Waals surface area contributed by atoms with Crippen molar-refractivity contribution >= 4 is 41.1 Å². The lowest BCUT2D eigenvalue weighted by Gasteiger charge is -2.22. The number of hydrogen-bond donors (Lipinski definition) is 2. The Balaban J connectivity index is 1.35. The molecule has 2 unspecified atom stereocenters. The van der Waals surface area contributed by atoms with Crippen LogP contribution in [-0.4, -0.2) is 46.2 Å². The Morgan fingerprint density at radius 2 is 1.94 bits per heavy atom. The molecule has 0 radical (unpaired) electrons. The highest BCUT2D eigenvalue weighted by Crippen LogP contribution is 2.24. The summed E-state index contributed by atoms with van der Waals surface area (Å²) in [6.07, 6.45) is -0.104. The zero-order chi connectivity index (χ0) is 22.5. The number of amides is 3. The van der Waals surface area contributed by atoms with Crippen molar-refractivity contribution in [2.75, 3.05) is 16.9 Å². The van der Waals surface area contributed by atoms with Gasteiger partial charge >= 0.3 is 6.09 Å². The van der Waals surface area contributed by atoms with Crippen molar-refractivity contribution in [3.63, 3.8) is 0 Å². The number of carbonyl (C=O) groups is 3. The van der Waals surface area contributed by atoms with Gasteiger partial charge in [0, 0.05) is 23.8 Å². The summed E-state index contributed by atoms with van der Waals surface area (Å²) in [4.78, 5) is 38.3. The molecular weight excluding hydrogens is 428 g/mol. The highest BCUT2D eigenvalue weighted by atomic mass is 32.2. The van der Waals surface area contributed by atoms with Gasteiger partial charge in [0.25, 0.3) is 0 Å². The summed E-state index contributed by atoms with van der Waals surface area (Å²) in [6.45, 7) is 2.12. The number of benzene rings is 2. The van der Waals surface area contributed by atoms with E-state index >= 15 is 0 Å². The first-order chi connectivity index (χ1) is 15.5. The molecule has 2 N–H and O–H groups in total. The summed E-state index contributed by atoms with van der Waals surface area (Å²) in [6, 6.07) is 16.1. The molecule has 2 heterocycles. The minimum absolute atomic E-state index is 0.0233. The first kappa shape index (κ1) is 21.9. The average molecular weight is 453 g/mol. The maximum absolute atomic E-state index is 12.8. The van der Waals surface area contributed by atoms with E-state index in [1.165, 1.54) is 16.7 Å². The van der Waals surface area contributed by atoms with Gasteiger partial charge in [-0.2, -0.15) is 5.10 Å². The fourth-order valence-electron chi connectivity index (χ4n) is 3.59. The molecule has 3 amide bonds. The van der Waals surface area contributed by atoms with E-state index in [1.54, 1.807) is 12.1 Å². The summed E-state index contributed by atoms with van der Waals surface area (Å²) in [5, 5.41) is 7.03. The van der Waals surface area contributed by atoms with Gasteiger partial charge in [0.15, 0.2) is 0 Å². The van der Waals surface area contributed by atoms with Crippen molar-refractivity contribution in [1.29, 1.82) is 0 Å². The van der Waals surface area contributed by atoms with Gasteiger partial charge in [-0.3, -0.25) is 14.5 Å². The van der Waals surface area contributed by atoms with Gasteiger partial charge in [-0.15, -0.1) is 11.8 Å². The van der Waals surface area contributed by atoms with Crippen LogP contribution in [0, 0.1) is 5.92 Å². The molecule has 1 fully saturated rings. The Morgan fingerprint density at radius 3 is 2.66 bits per heavy atom. The van der Waals surface area contributed by atoms with E-state index < -0.39 is 12.1 Å². The molecule has 0 aromatic heterocycles. The summed E-state index contributed by atoms with van der Waals surface area (Å²) < 4.78 is 5.39. The Kier molecular flexibility index (Phi) is 6.75. The SMILES string of the molecule is CC1CC(=O)NN=C1c1ccc(NC(=O)C2CSCN2C(=O)OCc2ccccc2)cc1. The fourth-order valence-corrected chi connectivity index (χ4v) is 4.74. The molecule has 8 nitrogen and oxygen atoms in total. The second-order valence-corrected chi connectivity index (χ2v) is 8.73. The maximum atomic E-state index is 12.8. The molecule has 2 aliphatic heterocycles. The van der Waals surface area contributed by atoms with Crippen LogP contribution in [0.1, 0.15) is 24.5 Å². The number of nitrogens with one attached hydrogen (secondary N) is 2. The lowest BCUT2D eigenvalue weighted by molar-refractivity contribution is -0.122. The van der Waals surface area contributed by atoms with Gasteiger partial charge in [-0.25, -0.2) is 10.2 Å². The van der Waals surface area contributed by atoms with E-state index in [9.17, 15) is 14.4 Å². The third-order valence-corrected chi connectivity index (χ3v) is 6.34. The summed E-state index contributed by atoms with van der Waals surface area (Å²) >= 11 is 1.51. The number of hydrogen-bond acceptors (Lipinski definition) is 6. The van der Waals surface area contributed by atoms with E-state index in [2.05, 4.69) is 15.8 Å². The van der Waals surface area contributed by atoms with Crippen LogP contribution in [0.15, 0.2) is 59.7 Å². The molecule has 166 valence electrons. The molecule has 0 aliphatic carbocycles. The molecule has 2 aromatic carbocycles. The minimum Gasteiger partial charge on any atom is -0.445 e. The number of hydrazone groups is 1. The van der Waals surface area contributed by atoms with Crippen LogP contribution in [-0.2, 0) is 20.9 Å². The second kappa shape index (κ2) is 9.86. The van der Waals surface area contributed by atoms with E-state index in [0.717, 1.165) is 16.8 Å². The Morgan fingerprint density at radius 1 is 1.19 bits per heavy atom. The largest absolute Gasteiger partial charge is 0.445 e. The molecule has 32 heavy (non-hydrogen) atoms. The molecule has 0 spiro atoms. The minimum atomic E-state index is -0.596. The van der Waals surface area contributed by atoms with E-state index in [4.69, 9.17) is 4.74 Å². The van der Waals surface area contributed by atoms with Gasteiger partial charge in [-0.1, -0.05) is 49.4 Å². The number of thioether (sulfide) groups is 1. The van der Waals surface area contributed by atoms with Gasteiger partial charge in [0.1, 0.15) is 12.6 Å². The Labute approximate surface area is 190 Å². The monoisotopic (exact) mass is 452 g/mol. The number of ether oxygens (including phenoxy) is 1. The average Bonchev–Trinajstić information content (AvgIpc) is 3.29. The van der Waals surface area contributed by atoms with Gasteiger partial charge < -0.3 is 10.1 Å². The first-order valence-electron chi connectivity index (χ1n) is 10.3. The lowest BCUT2D eigenvalue weighted by Crippen LogP contribution is -2.44. The highest BCUT2D eigenvalue weighted by Gasteiger charge is 2.35. The topological polar surface area (TPSA) is 100 Å². The van der Waals surface area contributed by atoms with Crippen molar-refractivity contribution in [2.45, 2.75) is 26.0 Å². The van der Waals surface area contributed by atoms with Crippen LogP contribution in [0.25, 0.3) is 0 Å². The molecular formula is C23H24N4O4S. The molecule has 1 saturated heterocycles. The van der Waals surface area contributed by atoms with Crippen molar-refractivity contribution in [3.8, 4) is 0 Å². The van der Waals surface area contributed by atoms with Crippen LogP contribution in [0.4, 0.5) is 10.5 Å². The number of nitrogens with zero attached hydrogens (tertiary/aromatic N) is 2. The zero-order valence-corrected chi connectivity index (χ0v) is 18.4. The van der Waals surface area contributed by atoms with Crippen molar-refractivity contribution < 1.29 is 19.1 Å². The summed E-state index contributed by atoms with van der Waals surface area (Å²) in [5.74, 6) is 0.601. The fraction of sp³-hybridized carbons (Fsp3) is 0.304. The quantitative estimate of drug-likeness (QED) is 0.726. The molecule has 2 aromatic rings.